The maximum atomic E-state index is 12.4. The summed E-state index contributed by atoms with van der Waals surface area (Å²) < 4.78 is 24.7. The van der Waals surface area contributed by atoms with Crippen molar-refractivity contribution in [3.8, 4) is 0 Å². The van der Waals surface area contributed by atoms with Crippen LogP contribution in [0.15, 0.2) is 54.6 Å². The molecular weight excluding hydrogens is 376 g/mol. The van der Waals surface area contributed by atoms with Crippen LogP contribution in [0.2, 0.25) is 0 Å². The Hall–Kier alpha value is -2.67. The summed E-state index contributed by atoms with van der Waals surface area (Å²) in [5.74, 6) is -0.752. The first-order valence-electron chi connectivity index (χ1n) is 9.23. The van der Waals surface area contributed by atoms with Gasteiger partial charge in [0.25, 0.3) is 0 Å². The zero-order valence-electron chi connectivity index (χ0n) is 15.9. The number of rotatable bonds is 6. The second kappa shape index (κ2) is 8.56. The van der Waals surface area contributed by atoms with Gasteiger partial charge in [-0.05, 0) is 24.6 Å². The second-order valence-corrected chi connectivity index (χ2v) is 9.21. The summed E-state index contributed by atoms with van der Waals surface area (Å²) in [6, 6.07) is 16.6. The smallest absolute Gasteiger partial charge is 0.246 e. The molecule has 0 aromatic heterocycles. The third-order valence-corrected chi connectivity index (χ3v) is 6.34. The summed E-state index contributed by atoms with van der Waals surface area (Å²) in [6.45, 7) is 2.69. The van der Waals surface area contributed by atoms with Crippen molar-refractivity contribution in [2.24, 2.45) is 0 Å². The predicted molar refractivity (Wildman–Crippen MR) is 109 cm³/mol. The minimum Gasteiger partial charge on any atom is -0.332 e. The maximum Gasteiger partial charge on any atom is 0.246 e. The van der Waals surface area contributed by atoms with E-state index in [2.05, 4.69) is 0 Å². The molecule has 2 aromatic carbocycles. The van der Waals surface area contributed by atoms with Crippen LogP contribution in [0, 0.1) is 6.92 Å². The minimum absolute atomic E-state index is 0.0222. The highest BCUT2D eigenvalue weighted by molar-refractivity contribution is 7.90. The van der Waals surface area contributed by atoms with Crippen LogP contribution in [0.25, 0.3) is 0 Å². The standard InChI is InChI=1S/C21H24N2O4S/c1-17-6-5-7-18(14-17)16-28(26,27)13-10-20(24)22-11-12-23(21(25)15-22)19-8-3-2-4-9-19/h2-9,14H,10-13,15-16H2,1H3. The van der Waals surface area contributed by atoms with Crippen molar-refractivity contribution in [3.63, 3.8) is 0 Å². The fraction of sp³-hybridized carbons (Fsp3) is 0.333. The molecule has 0 bridgehead atoms. The third kappa shape index (κ3) is 5.19. The summed E-state index contributed by atoms with van der Waals surface area (Å²) in [5.41, 5.74) is 2.53. The van der Waals surface area contributed by atoms with E-state index in [0.29, 0.717) is 13.1 Å². The Balaban J connectivity index is 1.53. The van der Waals surface area contributed by atoms with Crippen molar-refractivity contribution in [1.82, 2.24) is 4.90 Å². The van der Waals surface area contributed by atoms with Crippen LogP contribution in [0.3, 0.4) is 0 Å². The van der Waals surface area contributed by atoms with Gasteiger partial charge in [0.05, 0.1) is 11.5 Å². The monoisotopic (exact) mass is 400 g/mol. The van der Waals surface area contributed by atoms with Gasteiger partial charge in [0.15, 0.2) is 9.84 Å². The van der Waals surface area contributed by atoms with Gasteiger partial charge >= 0.3 is 0 Å². The molecule has 6 nitrogen and oxygen atoms in total. The van der Waals surface area contributed by atoms with Crippen molar-refractivity contribution in [3.05, 3.63) is 65.7 Å². The van der Waals surface area contributed by atoms with E-state index in [1.165, 1.54) is 4.90 Å². The van der Waals surface area contributed by atoms with E-state index < -0.39 is 9.84 Å². The Kier molecular flexibility index (Phi) is 6.14. The molecule has 148 valence electrons. The van der Waals surface area contributed by atoms with Crippen molar-refractivity contribution in [2.75, 3.05) is 30.3 Å². The normalized spacial score (nSPS) is 15.0. The summed E-state index contributed by atoms with van der Waals surface area (Å²) in [5, 5.41) is 0. The van der Waals surface area contributed by atoms with E-state index in [-0.39, 0.29) is 36.3 Å². The van der Waals surface area contributed by atoms with Crippen LogP contribution in [0.4, 0.5) is 5.69 Å². The molecule has 7 heteroatoms. The number of benzene rings is 2. The Morgan fingerprint density at radius 1 is 1.04 bits per heavy atom. The van der Waals surface area contributed by atoms with Crippen LogP contribution in [-0.4, -0.2) is 50.5 Å². The van der Waals surface area contributed by atoms with E-state index in [4.69, 9.17) is 0 Å². The van der Waals surface area contributed by atoms with Gasteiger partial charge in [0.1, 0.15) is 6.54 Å². The van der Waals surface area contributed by atoms with Crippen LogP contribution >= 0.6 is 0 Å². The average molecular weight is 401 g/mol. The van der Waals surface area contributed by atoms with Crippen LogP contribution in [0.1, 0.15) is 17.5 Å². The van der Waals surface area contributed by atoms with Gasteiger partial charge < -0.3 is 9.80 Å². The van der Waals surface area contributed by atoms with Gasteiger partial charge in [-0.3, -0.25) is 9.59 Å². The molecule has 1 aliphatic heterocycles. The molecule has 0 radical (unpaired) electrons. The van der Waals surface area contributed by atoms with Crippen molar-refractivity contribution in [1.29, 1.82) is 0 Å². The number of sulfone groups is 1. The van der Waals surface area contributed by atoms with Crippen LogP contribution in [-0.2, 0) is 25.2 Å². The topological polar surface area (TPSA) is 74.8 Å². The van der Waals surface area contributed by atoms with Gasteiger partial charge in [-0.25, -0.2) is 8.42 Å². The number of para-hydroxylation sites is 1. The zero-order chi connectivity index (χ0) is 20.1. The van der Waals surface area contributed by atoms with Gasteiger partial charge in [0, 0.05) is 25.2 Å². The number of carbonyl (C=O) groups is 2. The molecule has 0 saturated carbocycles. The van der Waals surface area contributed by atoms with E-state index in [1.54, 1.807) is 11.0 Å². The lowest BCUT2D eigenvalue weighted by atomic mass is 10.2. The first kappa shape index (κ1) is 20.1. The number of aryl methyl sites for hydroxylation is 1. The van der Waals surface area contributed by atoms with Crippen molar-refractivity contribution < 1.29 is 18.0 Å². The number of hydrogen-bond acceptors (Lipinski definition) is 4. The molecule has 0 unspecified atom stereocenters. The van der Waals surface area contributed by atoms with Crippen LogP contribution < -0.4 is 4.90 Å². The van der Waals surface area contributed by atoms with Crippen LogP contribution in [0.5, 0.6) is 0 Å². The SMILES string of the molecule is Cc1cccc(CS(=O)(=O)CCC(=O)N2CCN(c3ccccc3)C(=O)C2)c1. The second-order valence-electron chi connectivity index (χ2n) is 7.03. The zero-order valence-corrected chi connectivity index (χ0v) is 16.7. The molecule has 28 heavy (non-hydrogen) atoms. The van der Waals surface area contributed by atoms with E-state index in [1.807, 2.05) is 55.5 Å². The largest absolute Gasteiger partial charge is 0.332 e. The highest BCUT2D eigenvalue weighted by Gasteiger charge is 2.28. The Bertz CT molecular complexity index is 957. The number of carbonyl (C=O) groups excluding carboxylic acids is 2. The molecule has 3 rings (SSSR count). The van der Waals surface area contributed by atoms with Gasteiger partial charge in [-0.2, -0.15) is 0 Å². The summed E-state index contributed by atoms with van der Waals surface area (Å²) in [7, 11) is -3.40. The fourth-order valence-corrected chi connectivity index (χ4v) is 4.61. The number of hydrogen-bond donors (Lipinski definition) is 0. The average Bonchev–Trinajstić information content (AvgIpc) is 2.66. The molecule has 0 N–H and O–H groups in total. The van der Waals surface area contributed by atoms with E-state index >= 15 is 0 Å². The quantitative estimate of drug-likeness (QED) is 0.745. The van der Waals surface area contributed by atoms with Crippen molar-refractivity contribution >= 4 is 27.3 Å². The first-order valence-corrected chi connectivity index (χ1v) is 11.1. The van der Waals surface area contributed by atoms with Gasteiger partial charge in [0.2, 0.25) is 11.8 Å². The van der Waals surface area contributed by atoms with E-state index in [9.17, 15) is 18.0 Å². The lowest BCUT2D eigenvalue weighted by molar-refractivity contribution is -0.136. The molecular formula is C21H24N2O4S. The molecule has 2 amide bonds. The first-order chi connectivity index (χ1) is 13.3. The number of nitrogens with zero attached hydrogens (tertiary/aromatic N) is 2. The number of piperazine rings is 1. The fourth-order valence-electron chi connectivity index (χ4n) is 3.30. The molecule has 0 spiro atoms. The molecule has 2 aromatic rings. The lowest BCUT2D eigenvalue weighted by Crippen LogP contribution is -2.52. The minimum atomic E-state index is -3.40. The highest BCUT2D eigenvalue weighted by atomic mass is 32.2. The maximum absolute atomic E-state index is 12.4. The number of amides is 2. The number of anilines is 1. The molecule has 1 saturated heterocycles. The molecule has 1 aliphatic rings. The molecule has 0 aliphatic carbocycles. The third-order valence-electron chi connectivity index (χ3n) is 4.74. The Morgan fingerprint density at radius 2 is 1.79 bits per heavy atom. The molecule has 1 heterocycles. The highest BCUT2D eigenvalue weighted by Crippen LogP contribution is 2.17. The Morgan fingerprint density at radius 3 is 2.46 bits per heavy atom. The predicted octanol–water partition coefficient (Wildman–Crippen LogP) is 2.18. The van der Waals surface area contributed by atoms with E-state index in [0.717, 1.165) is 16.8 Å². The summed E-state index contributed by atoms with van der Waals surface area (Å²) in [6.07, 6.45) is -0.104. The summed E-state index contributed by atoms with van der Waals surface area (Å²) in [4.78, 5) is 27.9. The van der Waals surface area contributed by atoms with Gasteiger partial charge in [-0.15, -0.1) is 0 Å². The Labute approximate surface area is 165 Å². The molecule has 0 atom stereocenters. The molecule has 1 fully saturated rings. The van der Waals surface area contributed by atoms with Crippen molar-refractivity contribution in [2.45, 2.75) is 19.1 Å². The summed E-state index contributed by atoms with van der Waals surface area (Å²) >= 11 is 0. The lowest BCUT2D eigenvalue weighted by Gasteiger charge is -2.34. The van der Waals surface area contributed by atoms with Gasteiger partial charge in [-0.1, -0.05) is 48.0 Å².